The molecule has 7 heteroatoms. The molecule has 3 aromatic heterocycles. The van der Waals surface area contributed by atoms with E-state index < -0.39 is 0 Å². The third kappa shape index (κ3) is 3.31. The van der Waals surface area contributed by atoms with Gasteiger partial charge in [-0.3, -0.25) is 0 Å². The van der Waals surface area contributed by atoms with Gasteiger partial charge < -0.3 is 9.64 Å². The fourth-order valence-electron chi connectivity index (χ4n) is 4.04. The molecule has 0 radical (unpaired) electrons. The number of morpholine rings is 1. The number of fused-ring (bicyclic) bond motifs is 1. The van der Waals surface area contributed by atoms with Crippen molar-refractivity contribution in [3.63, 3.8) is 0 Å². The van der Waals surface area contributed by atoms with Crippen LogP contribution in [0.1, 0.15) is 55.4 Å². The third-order valence-electron chi connectivity index (χ3n) is 5.62. The van der Waals surface area contributed by atoms with Crippen LogP contribution < -0.4 is 4.90 Å². The molecule has 4 heterocycles. The molecule has 0 aromatic carbocycles. The normalized spacial score (nSPS) is 15.1. The molecule has 1 aliphatic heterocycles. The summed E-state index contributed by atoms with van der Waals surface area (Å²) in [6, 6.07) is 2.19. The Bertz CT molecular complexity index is 983. The van der Waals surface area contributed by atoms with Gasteiger partial charge in [0.2, 0.25) is 0 Å². The van der Waals surface area contributed by atoms with Crippen LogP contribution in [0.3, 0.4) is 0 Å². The molecule has 0 amide bonds. The minimum atomic E-state index is 0.489. The van der Waals surface area contributed by atoms with E-state index in [0.29, 0.717) is 5.92 Å². The van der Waals surface area contributed by atoms with Gasteiger partial charge in [0.15, 0.2) is 10.8 Å². The van der Waals surface area contributed by atoms with E-state index in [2.05, 4.69) is 50.1 Å². The van der Waals surface area contributed by atoms with Crippen LogP contribution in [0.5, 0.6) is 0 Å². The molecule has 150 valence electrons. The van der Waals surface area contributed by atoms with E-state index in [9.17, 15) is 0 Å². The first-order valence-electron chi connectivity index (χ1n) is 10.2. The maximum absolute atomic E-state index is 5.49. The summed E-state index contributed by atoms with van der Waals surface area (Å²) in [4.78, 5) is 13.3. The van der Waals surface area contributed by atoms with Crippen LogP contribution in [0.25, 0.3) is 16.1 Å². The lowest BCUT2D eigenvalue weighted by Gasteiger charge is -2.26. The van der Waals surface area contributed by atoms with Crippen molar-refractivity contribution < 1.29 is 4.74 Å². The van der Waals surface area contributed by atoms with Gasteiger partial charge in [-0.1, -0.05) is 25.2 Å². The SMILES string of the molecule is CCC(CC)c1cc(C)nc2c(-c3sc(N4CCOCC4)nc3C)c(C)nn12. The third-order valence-corrected chi connectivity index (χ3v) is 6.85. The molecule has 1 aliphatic rings. The van der Waals surface area contributed by atoms with Crippen molar-refractivity contribution in [2.75, 3.05) is 31.2 Å². The molecule has 0 saturated carbocycles. The van der Waals surface area contributed by atoms with E-state index in [0.717, 1.165) is 72.6 Å². The smallest absolute Gasteiger partial charge is 0.186 e. The molecule has 0 bridgehead atoms. The first-order chi connectivity index (χ1) is 13.5. The second-order valence-corrected chi connectivity index (χ2v) is 8.52. The van der Waals surface area contributed by atoms with Crippen molar-refractivity contribution in [2.24, 2.45) is 0 Å². The number of aromatic nitrogens is 4. The summed E-state index contributed by atoms with van der Waals surface area (Å²) in [6.45, 7) is 14.1. The van der Waals surface area contributed by atoms with E-state index in [1.165, 1.54) is 10.6 Å². The molecule has 1 saturated heterocycles. The summed E-state index contributed by atoms with van der Waals surface area (Å²) in [7, 11) is 0. The molecule has 0 unspecified atom stereocenters. The number of ether oxygens (including phenoxy) is 1. The van der Waals surface area contributed by atoms with Crippen molar-refractivity contribution in [1.29, 1.82) is 0 Å². The van der Waals surface area contributed by atoms with Gasteiger partial charge in [0.1, 0.15) is 0 Å². The van der Waals surface area contributed by atoms with E-state index in [1.807, 2.05) is 0 Å². The lowest BCUT2D eigenvalue weighted by Crippen LogP contribution is -2.36. The number of hydrogen-bond acceptors (Lipinski definition) is 6. The van der Waals surface area contributed by atoms with Gasteiger partial charge in [0.05, 0.1) is 35.0 Å². The fraction of sp³-hybridized carbons (Fsp3) is 0.571. The lowest BCUT2D eigenvalue weighted by molar-refractivity contribution is 0.122. The standard InChI is InChI=1S/C21H29N5OS/c1-6-16(7-2)17-12-13(3)22-20-18(14(4)24-26(17)20)19-15(5)23-21(28-19)25-8-10-27-11-9-25/h12,16H,6-11H2,1-5H3. The molecule has 28 heavy (non-hydrogen) atoms. The number of thiazole rings is 1. The number of anilines is 1. The van der Waals surface area contributed by atoms with Gasteiger partial charge in [-0.15, -0.1) is 0 Å². The average Bonchev–Trinajstić information content (AvgIpc) is 3.22. The van der Waals surface area contributed by atoms with Gasteiger partial charge >= 0.3 is 0 Å². The second-order valence-electron chi connectivity index (χ2n) is 7.54. The van der Waals surface area contributed by atoms with Crippen LogP contribution in [0.4, 0.5) is 5.13 Å². The summed E-state index contributed by atoms with van der Waals surface area (Å²) in [5, 5.41) is 5.98. The highest BCUT2D eigenvalue weighted by Crippen LogP contribution is 2.39. The van der Waals surface area contributed by atoms with Crippen molar-refractivity contribution in [1.82, 2.24) is 19.6 Å². The van der Waals surface area contributed by atoms with E-state index in [4.69, 9.17) is 19.8 Å². The predicted octanol–water partition coefficient (Wildman–Crippen LogP) is 4.52. The van der Waals surface area contributed by atoms with Gasteiger partial charge in [-0.05, 0) is 39.7 Å². The Morgan fingerprint density at radius 2 is 1.79 bits per heavy atom. The molecule has 0 spiro atoms. The topological polar surface area (TPSA) is 55.5 Å². The summed E-state index contributed by atoms with van der Waals surface area (Å²) >= 11 is 1.75. The zero-order chi connectivity index (χ0) is 19.8. The number of hydrogen-bond donors (Lipinski definition) is 0. The molecule has 4 rings (SSSR count). The quantitative estimate of drug-likeness (QED) is 0.631. The molecule has 0 atom stereocenters. The first kappa shape index (κ1) is 19.3. The monoisotopic (exact) mass is 399 g/mol. The number of nitrogens with zero attached hydrogens (tertiary/aromatic N) is 5. The highest BCUT2D eigenvalue weighted by atomic mass is 32.1. The second kappa shape index (κ2) is 7.79. The Morgan fingerprint density at radius 1 is 1.07 bits per heavy atom. The molecule has 3 aromatic rings. The summed E-state index contributed by atoms with van der Waals surface area (Å²) < 4.78 is 7.56. The largest absolute Gasteiger partial charge is 0.378 e. The van der Waals surface area contributed by atoms with E-state index in [-0.39, 0.29) is 0 Å². The van der Waals surface area contributed by atoms with Crippen LogP contribution >= 0.6 is 11.3 Å². The molecule has 0 N–H and O–H groups in total. The molecular weight excluding hydrogens is 370 g/mol. The zero-order valence-corrected chi connectivity index (χ0v) is 18.3. The predicted molar refractivity (Wildman–Crippen MR) is 115 cm³/mol. The minimum absolute atomic E-state index is 0.489. The Labute approximate surface area is 170 Å². The van der Waals surface area contributed by atoms with Crippen LogP contribution in [-0.4, -0.2) is 45.9 Å². The Kier molecular flexibility index (Phi) is 5.38. The van der Waals surface area contributed by atoms with Crippen LogP contribution in [0, 0.1) is 20.8 Å². The molecular formula is C21H29N5OS. The fourth-order valence-corrected chi connectivity index (χ4v) is 5.25. The van der Waals surface area contributed by atoms with Crippen molar-refractivity contribution in [3.05, 3.63) is 28.8 Å². The maximum atomic E-state index is 5.49. The lowest BCUT2D eigenvalue weighted by atomic mass is 9.98. The molecule has 0 aliphatic carbocycles. The van der Waals surface area contributed by atoms with Gasteiger partial charge in [-0.2, -0.15) is 5.10 Å². The van der Waals surface area contributed by atoms with Crippen LogP contribution in [0.15, 0.2) is 6.07 Å². The van der Waals surface area contributed by atoms with Crippen LogP contribution in [0.2, 0.25) is 0 Å². The molecule has 6 nitrogen and oxygen atoms in total. The minimum Gasteiger partial charge on any atom is -0.378 e. The molecule has 1 fully saturated rings. The zero-order valence-electron chi connectivity index (χ0n) is 17.4. The van der Waals surface area contributed by atoms with Gasteiger partial charge in [0.25, 0.3) is 0 Å². The van der Waals surface area contributed by atoms with E-state index in [1.54, 1.807) is 11.3 Å². The Balaban J connectivity index is 1.85. The highest BCUT2D eigenvalue weighted by Gasteiger charge is 2.24. The van der Waals surface area contributed by atoms with Gasteiger partial charge in [-0.25, -0.2) is 14.5 Å². The summed E-state index contributed by atoms with van der Waals surface area (Å²) in [6.07, 6.45) is 2.20. The Hall–Kier alpha value is -1.99. The van der Waals surface area contributed by atoms with Crippen molar-refractivity contribution in [3.8, 4) is 10.4 Å². The first-order valence-corrected chi connectivity index (χ1v) is 11.0. The average molecular weight is 400 g/mol. The van der Waals surface area contributed by atoms with E-state index >= 15 is 0 Å². The van der Waals surface area contributed by atoms with Gasteiger partial charge in [0, 0.05) is 30.4 Å². The highest BCUT2D eigenvalue weighted by molar-refractivity contribution is 7.19. The van der Waals surface area contributed by atoms with Crippen LogP contribution in [-0.2, 0) is 4.74 Å². The maximum Gasteiger partial charge on any atom is 0.186 e. The number of aryl methyl sites for hydroxylation is 3. The number of rotatable bonds is 5. The summed E-state index contributed by atoms with van der Waals surface area (Å²) in [5.41, 5.74) is 6.47. The van der Waals surface area contributed by atoms with Crippen molar-refractivity contribution >= 4 is 22.1 Å². The Morgan fingerprint density at radius 3 is 2.46 bits per heavy atom. The van der Waals surface area contributed by atoms with Crippen molar-refractivity contribution in [2.45, 2.75) is 53.4 Å². The summed E-state index contributed by atoms with van der Waals surface area (Å²) in [5.74, 6) is 0.489.